The van der Waals surface area contributed by atoms with Gasteiger partial charge < -0.3 is 19.6 Å². The topological polar surface area (TPSA) is 87.2 Å². The quantitative estimate of drug-likeness (QED) is 0.844. The summed E-state index contributed by atoms with van der Waals surface area (Å²) >= 11 is 0. The number of carbonyl (C=O) groups excluding carboxylic acids is 2. The highest BCUT2D eigenvalue weighted by Gasteiger charge is 2.55. The lowest BCUT2D eigenvalue weighted by atomic mass is 9.74. The molecule has 3 atom stereocenters. The molecule has 7 nitrogen and oxygen atoms in total. The van der Waals surface area contributed by atoms with E-state index in [9.17, 15) is 23.9 Å². The van der Waals surface area contributed by atoms with E-state index in [0.717, 1.165) is 0 Å². The lowest BCUT2D eigenvalue weighted by Gasteiger charge is -2.33. The number of anilines is 1. The number of carboxylic acid groups (broad SMARTS) is 1. The summed E-state index contributed by atoms with van der Waals surface area (Å²) in [5.74, 6) is -2.35. The molecular formula is C20H23FN2O5. The minimum atomic E-state index is -0.954. The summed E-state index contributed by atoms with van der Waals surface area (Å²) < 4.78 is 18.9. The summed E-state index contributed by atoms with van der Waals surface area (Å²) in [6, 6.07) is 4.45. The predicted octanol–water partition coefficient (Wildman–Crippen LogP) is 1.44. The first-order chi connectivity index (χ1) is 13.3. The number of halogens is 1. The van der Waals surface area contributed by atoms with Crippen LogP contribution in [0.15, 0.2) is 18.2 Å². The van der Waals surface area contributed by atoms with Crippen molar-refractivity contribution in [2.75, 3.05) is 37.7 Å². The van der Waals surface area contributed by atoms with Crippen LogP contribution in [0.2, 0.25) is 0 Å². The number of carboxylic acids is 1. The predicted molar refractivity (Wildman–Crippen MR) is 97.2 cm³/mol. The SMILES string of the molecule is Cc1cc(N2CC(C(=O)N3C[C@H]4COCC[C@@]4(C(=O)O)C3)CC2=O)ccc1F. The highest BCUT2D eigenvalue weighted by atomic mass is 19.1. The zero-order valence-electron chi connectivity index (χ0n) is 15.7. The van der Waals surface area contributed by atoms with Gasteiger partial charge in [0.15, 0.2) is 0 Å². The molecule has 3 heterocycles. The lowest BCUT2D eigenvalue weighted by molar-refractivity contribution is -0.157. The minimum Gasteiger partial charge on any atom is -0.481 e. The number of aryl methyl sites for hydroxylation is 1. The van der Waals surface area contributed by atoms with Crippen molar-refractivity contribution in [3.8, 4) is 0 Å². The smallest absolute Gasteiger partial charge is 0.311 e. The van der Waals surface area contributed by atoms with E-state index >= 15 is 0 Å². The Morgan fingerprint density at radius 2 is 2.11 bits per heavy atom. The van der Waals surface area contributed by atoms with E-state index in [4.69, 9.17) is 4.74 Å². The zero-order chi connectivity index (χ0) is 20.1. The molecule has 1 aromatic rings. The number of likely N-dealkylation sites (tertiary alicyclic amines) is 1. The molecule has 0 bridgehead atoms. The van der Waals surface area contributed by atoms with Gasteiger partial charge in [-0.25, -0.2) is 4.39 Å². The largest absolute Gasteiger partial charge is 0.481 e. The number of fused-ring (bicyclic) bond motifs is 1. The Morgan fingerprint density at radius 1 is 1.32 bits per heavy atom. The van der Waals surface area contributed by atoms with E-state index in [1.807, 2.05) is 0 Å². The molecule has 3 aliphatic rings. The molecule has 1 unspecified atom stereocenters. The Labute approximate surface area is 162 Å². The minimum absolute atomic E-state index is 0.0764. The van der Waals surface area contributed by atoms with Crippen molar-refractivity contribution in [1.29, 1.82) is 0 Å². The maximum Gasteiger partial charge on any atom is 0.311 e. The molecule has 3 fully saturated rings. The molecule has 0 radical (unpaired) electrons. The number of amides is 2. The van der Waals surface area contributed by atoms with Crippen molar-refractivity contribution in [2.45, 2.75) is 19.8 Å². The van der Waals surface area contributed by atoms with Crippen LogP contribution in [0.25, 0.3) is 0 Å². The molecule has 28 heavy (non-hydrogen) atoms. The van der Waals surface area contributed by atoms with Gasteiger partial charge in [-0.3, -0.25) is 14.4 Å². The van der Waals surface area contributed by atoms with Crippen molar-refractivity contribution in [3.63, 3.8) is 0 Å². The van der Waals surface area contributed by atoms with Crippen LogP contribution in [-0.4, -0.2) is 60.6 Å². The number of aliphatic carboxylic acids is 1. The van der Waals surface area contributed by atoms with E-state index in [-0.39, 0.29) is 43.1 Å². The van der Waals surface area contributed by atoms with Gasteiger partial charge in [-0.2, -0.15) is 0 Å². The molecule has 0 aliphatic carbocycles. The van der Waals surface area contributed by atoms with Crippen molar-refractivity contribution >= 4 is 23.5 Å². The molecule has 3 saturated heterocycles. The monoisotopic (exact) mass is 390 g/mol. The van der Waals surface area contributed by atoms with Crippen LogP contribution in [0.5, 0.6) is 0 Å². The van der Waals surface area contributed by atoms with Crippen LogP contribution in [-0.2, 0) is 19.1 Å². The van der Waals surface area contributed by atoms with Crippen molar-refractivity contribution in [1.82, 2.24) is 4.90 Å². The summed E-state index contributed by atoms with van der Waals surface area (Å²) in [5, 5.41) is 9.76. The van der Waals surface area contributed by atoms with Gasteiger partial charge in [0.1, 0.15) is 5.82 Å². The van der Waals surface area contributed by atoms with Crippen molar-refractivity contribution in [2.24, 2.45) is 17.3 Å². The number of benzene rings is 1. The summed E-state index contributed by atoms with van der Waals surface area (Å²) in [7, 11) is 0. The first-order valence-electron chi connectivity index (χ1n) is 9.48. The van der Waals surface area contributed by atoms with Gasteiger partial charge >= 0.3 is 5.97 Å². The van der Waals surface area contributed by atoms with E-state index in [2.05, 4.69) is 0 Å². The first-order valence-corrected chi connectivity index (χ1v) is 9.48. The highest BCUT2D eigenvalue weighted by molar-refractivity contribution is 6.00. The van der Waals surface area contributed by atoms with Gasteiger partial charge in [-0.05, 0) is 37.1 Å². The number of ether oxygens (including phenoxy) is 1. The molecule has 0 spiro atoms. The molecular weight excluding hydrogens is 367 g/mol. The maximum absolute atomic E-state index is 13.5. The Hall–Kier alpha value is -2.48. The third-order valence-electron chi connectivity index (χ3n) is 6.37. The fourth-order valence-electron chi connectivity index (χ4n) is 4.64. The summed E-state index contributed by atoms with van der Waals surface area (Å²) in [6.45, 7) is 3.06. The second-order valence-electron chi connectivity index (χ2n) is 8.04. The van der Waals surface area contributed by atoms with Crippen molar-refractivity contribution < 1.29 is 28.6 Å². The molecule has 1 aromatic carbocycles. The number of hydrogen-bond acceptors (Lipinski definition) is 4. The third kappa shape index (κ3) is 2.96. The van der Waals surface area contributed by atoms with Gasteiger partial charge in [-0.1, -0.05) is 0 Å². The average Bonchev–Trinajstić information content (AvgIpc) is 3.25. The fourth-order valence-corrected chi connectivity index (χ4v) is 4.64. The molecule has 0 saturated carbocycles. The molecule has 0 aromatic heterocycles. The molecule has 2 amide bonds. The molecule has 1 N–H and O–H groups in total. The van der Waals surface area contributed by atoms with E-state index < -0.39 is 17.3 Å². The normalized spacial score (nSPS) is 29.9. The second-order valence-corrected chi connectivity index (χ2v) is 8.04. The lowest BCUT2D eigenvalue weighted by Crippen LogP contribution is -2.45. The van der Waals surface area contributed by atoms with Crippen molar-refractivity contribution in [3.05, 3.63) is 29.6 Å². The highest BCUT2D eigenvalue weighted by Crippen LogP contribution is 2.43. The number of carbonyl (C=O) groups is 3. The molecule has 8 heteroatoms. The van der Waals surface area contributed by atoms with Gasteiger partial charge in [0, 0.05) is 44.3 Å². The number of rotatable bonds is 3. The van der Waals surface area contributed by atoms with E-state index in [1.54, 1.807) is 17.9 Å². The van der Waals surface area contributed by atoms with Crippen LogP contribution in [0.3, 0.4) is 0 Å². The molecule has 4 rings (SSSR count). The Balaban J connectivity index is 1.49. The molecule has 150 valence electrons. The van der Waals surface area contributed by atoms with Crippen LogP contribution in [0, 0.1) is 30.0 Å². The summed E-state index contributed by atoms with van der Waals surface area (Å²) in [5.41, 5.74) is 0.0568. The second kappa shape index (κ2) is 6.84. The van der Waals surface area contributed by atoms with Crippen LogP contribution in [0.4, 0.5) is 10.1 Å². The van der Waals surface area contributed by atoms with Gasteiger partial charge in [-0.15, -0.1) is 0 Å². The number of hydrogen-bond donors (Lipinski definition) is 1. The van der Waals surface area contributed by atoms with E-state index in [1.165, 1.54) is 17.0 Å². The fraction of sp³-hybridized carbons (Fsp3) is 0.550. The van der Waals surface area contributed by atoms with Gasteiger partial charge in [0.25, 0.3) is 0 Å². The van der Waals surface area contributed by atoms with Crippen LogP contribution in [0.1, 0.15) is 18.4 Å². The Morgan fingerprint density at radius 3 is 2.79 bits per heavy atom. The van der Waals surface area contributed by atoms with Gasteiger partial charge in [0.05, 0.1) is 17.9 Å². The summed E-state index contributed by atoms with van der Waals surface area (Å²) in [6.07, 6.45) is 0.467. The van der Waals surface area contributed by atoms with E-state index in [0.29, 0.717) is 37.4 Å². The van der Waals surface area contributed by atoms with Gasteiger partial charge in [0.2, 0.25) is 11.8 Å². The van der Waals surface area contributed by atoms with Crippen LogP contribution >= 0.6 is 0 Å². The molecule has 3 aliphatic heterocycles. The number of nitrogens with zero attached hydrogens (tertiary/aromatic N) is 2. The van der Waals surface area contributed by atoms with Crippen LogP contribution < -0.4 is 4.90 Å². The Bertz CT molecular complexity index is 844. The maximum atomic E-state index is 13.5. The first kappa shape index (κ1) is 18.9. The zero-order valence-corrected chi connectivity index (χ0v) is 15.7. The summed E-state index contributed by atoms with van der Waals surface area (Å²) in [4.78, 5) is 40.5. The average molecular weight is 390 g/mol. The third-order valence-corrected chi connectivity index (χ3v) is 6.37. The Kier molecular flexibility index (Phi) is 4.61. The standard InChI is InChI=1S/C20H23FN2O5/c1-12-6-15(2-3-16(12)21)23-8-13(7-17(23)24)18(25)22-9-14-10-28-5-4-20(14,11-22)19(26)27/h2-3,6,13-14H,4-5,7-11H2,1H3,(H,26,27)/t13?,14-,20+/m0/s1.